The van der Waals surface area contributed by atoms with Gasteiger partial charge in [-0.15, -0.1) is 0 Å². The lowest BCUT2D eigenvalue weighted by molar-refractivity contribution is -0.137. The average molecular weight is 533 g/mol. The Bertz CT molecular complexity index is 1550. The number of amides is 2. The molecule has 0 radical (unpaired) electrons. The highest BCUT2D eigenvalue weighted by Gasteiger charge is 2.36. The van der Waals surface area contributed by atoms with Crippen LogP contribution in [0.15, 0.2) is 67.3 Å². The highest BCUT2D eigenvalue weighted by molar-refractivity contribution is 6.31. The molecule has 0 bridgehead atoms. The predicted molar refractivity (Wildman–Crippen MR) is 124 cm³/mol. The van der Waals surface area contributed by atoms with E-state index >= 15 is 0 Å². The summed E-state index contributed by atoms with van der Waals surface area (Å²) in [6.45, 7) is 0. The normalized spacial score (nSPS) is 14.9. The smallest absolute Gasteiger partial charge is 0.341 e. The molecule has 2 heterocycles. The monoisotopic (exact) mass is 532 g/mol. The number of rotatable bonds is 4. The van der Waals surface area contributed by atoms with Gasteiger partial charge in [-0.25, -0.2) is 13.8 Å². The third-order valence-corrected chi connectivity index (χ3v) is 6.12. The molecule has 2 N–H and O–H groups in total. The topological polar surface area (TPSA) is 76.0 Å². The zero-order chi connectivity index (χ0) is 26.5. The fourth-order valence-electron chi connectivity index (χ4n) is 4.13. The molecule has 1 atom stereocenters. The van der Waals surface area contributed by atoms with Crippen molar-refractivity contribution in [2.45, 2.75) is 12.2 Å². The first-order valence-corrected chi connectivity index (χ1v) is 11.0. The van der Waals surface area contributed by atoms with Crippen molar-refractivity contribution < 1.29 is 31.5 Å². The number of anilines is 1. The van der Waals surface area contributed by atoms with Gasteiger partial charge in [0.25, 0.3) is 11.8 Å². The molecule has 12 heteroatoms. The first kappa shape index (κ1) is 24.4. The van der Waals surface area contributed by atoms with Crippen LogP contribution in [0.5, 0.6) is 0 Å². The second-order valence-corrected chi connectivity index (χ2v) is 8.58. The van der Waals surface area contributed by atoms with Crippen LogP contribution in [-0.2, 0) is 6.18 Å². The molecule has 1 aromatic heterocycles. The molecule has 0 saturated heterocycles. The van der Waals surface area contributed by atoms with E-state index in [1.807, 2.05) is 0 Å². The molecule has 0 spiro atoms. The number of carbonyl (C=O) groups excluding carboxylic acids is 2. The van der Waals surface area contributed by atoms with E-state index in [1.165, 1.54) is 35.3 Å². The highest BCUT2D eigenvalue weighted by Crippen LogP contribution is 2.41. The first-order chi connectivity index (χ1) is 17.5. The molecule has 3 aromatic carbocycles. The van der Waals surface area contributed by atoms with Crippen molar-refractivity contribution >= 4 is 29.1 Å². The SMILES string of the molecule is O=C(Nc1cc(-n2ccnc2)cc2c1C(c1cc(F)ccc1Cl)NC2=O)c1cc(F)cc(C(F)(F)F)c1. The standard InChI is InChI=1S/C25H14ClF5N4O2/c26-19-2-1-14(27)8-17(19)22-21-18(24(37)34-22)9-16(35-4-3-32-11-35)10-20(21)33-23(36)12-5-13(25(29,30)31)7-15(28)6-12/h1-11,22H,(H,33,36)(H,34,37). The number of aromatic nitrogens is 2. The highest BCUT2D eigenvalue weighted by atomic mass is 35.5. The Labute approximate surface area is 210 Å². The van der Waals surface area contributed by atoms with E-state index in [0.29, 0.717) is 17.8 Å². The van der Waals surface area contributed by atoms with Crippen LogP contribution in [0.1, 0.15) is 43.4 Å². The van der Waals surface area contributed by atoms with Gasteiger partial charge in [-0.2, -0.15) is 13.2 Å². The summed E-state index contributed by atoms with van der Waals surface area (Å²) in [5.74, 6) is -3.48. The van der Waals surface area contributed by atoms with Gasteiger partial charge in [0.15, 0.2) is 0 Å². The lowest BCUT2D eigenvalue weighted by atomic mass is 9.95. The summed E-state index contributed by atoms with van der Waals surface area (Å²) in [4.78, 5) is 29.9. The second-order valence-electron chi connectivity index (χ2n) is 8.18. The van der Waals surface area contributed by atoms with Gasteiger partial charge in [-0.3, -0.25) is 9.59 Å². The van der Waals surface area contributed by atoms with Crippen LogP contribution in [0, 0.1) is 11.6 Å². The summed E-state index contributed by atoms with van der Waals surface area (Å²) in [5.41, 5.74) is -0.993. The van der Waals surface area contributed by atoms with Gasteiger partial charge in [0, 0.05) is 51.0 Å². The fourth-order valence-corrected chi connectivity index (χ4v) is 4.36. The Kier molecular flexibility index (Phi) is 5.95. The van der Waals surface area contributed by atoms with Crippen molar-refractivity contribution in [2.75, 3.05) is 5.32 Å². The van der Waals surface area contributed by atoms with E-state index in [0.717, 1.165) is 12.1 Å². The van der Waals surface area contributed by atoms with Crippen LogP contribution in [0.25, 0.3) is 5.69 Å². The molecule has 0 fully saturated rings. The number of nitrogens with one attached hydrogen (secondary N) is 2. The molecule has 188 valence electrons. The molecule has 1 unspecified atom stereocenters. The summed E-state index contributed by atoms with van der Waals surface area (Å²) in [7, 11) is 0. The van der Waals surface area contributed by atoms with Crippen LogP contribution in [-0.4, -0.2) is 21.4 Å². The van der Waals surface area contributed by atoms with Gasteiger partial charge in [0.2, 0.25) is 0 Å². The molecule has 1 aliphatic heterocycles. The number of hydrogen-bond acceptors (Lipinski definition) is 3. The first-order valence-electron chi connectivity index (χ1n) is 10.6. The molecule has 0 aliphatic carbocycles. The fraction of sp³-hybridized carbons (Fsp3) is 0.0800. The number of carbonyl (C=O) groups is 2. The maximum absolute atomic E-state index is 14.0. The summed E-state index contributed by atoms with van der Waals surface area (Å²) in [6, 6.07) is 7.00. The summed E-state index contributed by atoms with van der Waals surface area (Å²) >= 11 is 6.27. The van der Waals surface area contributed by atoms with E-state index in [1.54, 1.807) is 6.20 Å². The maximum Gasteiger partial charge on any atom is 0.416 e. The molecule has 1 aliphatic rings. The molecule has 37 heavy (non-hydrogen) atoms. The van der Waals surface area contributed by atoms with E-state index in [2.05, 4.69) is 15.6 Å². The van der Waals surface area contributed by atoms with Crippen LogP contribution in [0.2, 0.25) is 5.02 Å². The van der Waals surface area contributed by atoms with Crippen molar-refractivity contribution in [2.24, 2.45) is 0 Å². The van der Waals surface area contributed by atoms with Gasteiger partial charge >= 0.3 is 6.18 Å². The van der Waals surface area contributed by atoms with Crippen LogP contribution in [0.3, 0.4) is 0 Å². The zero-order valence-electron chi connectivity index (χ0n) is 18.4. The Hall–Kier alpha value is -4.25. The number of benzene rings is 3. The van der Waals surface area contributed by atoms with E-state index < -0.39 is 46.8 Å². The van der Waals surface area contributed by atoms with Crippen LogP contribution >= 0.6 is 11.6 Å². The molecular weight excluding hydrogens is 519 g/mol. The van der Waals surface area contributed by atoms with E-state index in [-0.39, 0.29) is 33.5 Å². The number of alkyl halides is 3. The maximum atomic E-state index is 14.0. The zero-order valence-corrected chi connectivity index (χ0v) is 19.2. The van der Waals surface area contributed by atoms with Gasteiger partial charge in [-0.05, 0) is 48.5 Å². The lowest BCUT2D eigenvalue weighted by Crippen LogP contribution is -2.21. The van der Waals surface area contributed by atoms with Gasteiger partial charge in [0.1, 0.15) is 11.6 Å². The van der Waals surface area contributed by atoms with Crippen molar-refractivity contribution in [3.8, 4) is 5.69 Å². The molecular formula is C25H14ClF5N4O2. The van der Waals surface area contributed by atoms with Crippen LogP contribution < -0.4 is 10.6 Å². The van der Waals surface area contributed by atoms with Crippen LogP contribution in [0.4, 0.5) is 27.6 Å². The van der Waals surface area contributed by atoms with Gasteiger partial charge in [-0.1, -0.05) is 11.6 Å². The van der Waals surface area contributed by atoms with E-state index in [4.69, 9.17) is 11.6 Å². The van der Waals surface area contributed by atoms with Crippen molar-refractivity contribution in [3.63, 3.8) is 0 Å². The van der Waals surface area contributed by atoms with Gasteiger partial charge < -0.3 is 15.2 Å². The Balaban J connectivity index is 1.65. The number of halogens is 6. The Morgan fingerprint density at radius 3 is 2.54 bits per heavy atom. The average Bonchev–Trinajstić information content (AvgIpc) is 3.48. The van der Waals surface area contributed by atoms with Crippen molar-refractivity contribution in [3.05, 3.63) is 112 Å². The van der Waals surface area contributed by atoms with Crippen molar-refractivity contribution in [1.29, 1.82) is 0 Å². The Morgan fingerprint density at radius 2 is 1.84 bits per heavy atom. The van der Waals surface area contributed by atoms with Gasteiger partial charge in [0.05, 0.1) is 17.9 Å². The molecule has 2 amide bonds. The minimum Gasteiger partial charge on any atom is -0.341 e. The molecule has 6 nitrogen and oxygen atoms in total. The number of fused-ring (bicyclic) bond motifs is 1. The minimum absolute atomic E-state index is 0.0210. The number of nitrogens with zero attached hydrogens (tertiary/aromatic N) is 2. The summed E-state index contributed by atoms with van der Waals surface area (Å²) in [6.07, 6.45) is -0.395. The third kappa shape index (κ3) is 4.65. The Morgan fingerprint density at radius 1 is 1.05 bits per heavy atom. The molecule has 4 aromatic rings. The third-order valence-electron chi connectivity index (χ3n) is 5.78. The van der Waals surface area contributed by atoms with E-state index in [9.17, 15) is 31.5 Å². The summed E-state index contributed by atoms with van der Waals surface area (Å²) in [5, 5.41) is 5.31. The molecule has 5 rings (SSSR count). The number of imidazole rings is 1. The lowest BCUT2D eigenvalue weighted by Gasteiger charge is -2.19. The number of hydrogen-bond donors (Lipinski definition) is 2. The van der Waals surface area contributed by atoms with Crippen molar-refractivity contribution in [1.82, 2.24) is 14.9 Å². The molecule has 0 saturated carbocycles. The summed E-state index contributed by atoms with van der Waals surface area (Å²) < 4.78 is 69.1. The second kappa shape index (κ2) is 9.00. The minimum atomic E-state index is -4.88. The largest absolute Gasteiger partial charge is 0.416 e. The quantitative estimate of drug-likeness (QED) is 0.321. The predicted octanol–water partition coefficient (Wildman–Crippen LogP) is 5.91.